The zero-order valence-electron chi connectivity index (χ0n) is 9.04. The minimum Gasteiger partial charge on any atom is -0.466 e. The first-order valence-electron chi connectivity index (χ1n) is 4.82. The number of rotatable bonds is 3. The number of anilines is 1. The van der Waals surface area contributed by atoms with Crippen molar-refractivity contribution in [1.82, 2.24) is 4.98 Å². The minimum atomic E-state index is -4.63. The average Bonchev–Trinajstić information content (AvgIpc) is 2.19. The Bertz CT molecular complexity index is 419. The summed E-state index contributed by atoms with van der Waals surface area (Å²) in [6.45, 7) is 1.77. The van der Waals surface area contributed by atoms with Crippen LogP contribution in [-0.2, 0) is 22.1 Å². The van der Waals surface area contributed by atoms with Crippen molar-refractivity contribution < 1.29 is 22.7 Å². The van der Waals surface area contributed by atoms with Crippen molar-refractivity contribution in [3.63, 3.8) is 0 Å². The van der Waals surface area contributed by atoms with Crippen LogP contribution in [-0.4, -0.2) is 17.6 Å². The van der Waals surface area contributed by atoms with Crippen LogP contribution in [0.25, 0.3) is 0 Å². The summed E-state index contributed by atoms with van der Waals surface area (Å²) in [4.78, 5) is 14.3. The van der Waals surface area contributed by atoms with Gasteiger partial charge in [0.2, 0.25) is 0 Å². The second kappa shape index (κ2) is 5.03. The zero-order chi connectivity index (χ0) is 13.1. The van der Waals surface area contributed by atoms with Crippen LogP contribution in [0.4, 0.5) is 18.9 Å². The SMILES string of the molecule is CCOC(=O)Cc1ccnc(C(F)(F)F)c1N. The molecule has 0 aliphatic carbocycles. The largest absolute Gasteiger partial charge is 0.466 e. The lowest BCUT2D eigenvalue weighted by Gasteiger charge is -2.11. The van der Waals surface area contributed by atoms with Crippen molar-refractivity contribution in [3.8, 4) is 0 Å². The quantitative estimate of drug-likeness (QED) is 0.828. The fraction of sp³-hybridized carbons (Fsp3) is 0.400. The molecule has 0 saturated heterocycles. The molecular formula is C10H11F3N2O2. The summed E-state index contributed by atoms with van der Waals surface area (Å²) >= 11 is 0. The van der Waals surface area contributed by atoms with E-state index in [4.69, 9.17) is 5.73 Å². The van der Waals surface area contributed by atoms with Gasteiger partial charge in [0, 0.05) is 6.20 Å². The van der Waals surface area contributed by atoms with E-state index in [0.717, 1.165) is 6.20 Å². The second-order valence-electron chi connectivity index (χ2n) is 3.21. The maximum Gasteiger partial charge on any atom is 0.435 e. The molecule has 0 atom stereocenters. The van der Waals surface area contributed by atoms with Crippen molar-refractivity contribution in [2.75, 3.05) is 12.3 Å². The second-order valence-corrected chi connectivity index (χ2v) is 3.21. The number of carbonyl (C=O) groups excluding carboxylic acids is 1. The van der Waals surface area contributed by atoms with Crippen LogP contribution < -0.4 is 5.73 Å². The Morgan fingerprint density at radius 3 is 2.71 bits per heavy atom. The van der Waals surface area contributed by atoms with Crippen molar-refractivity contribution in [2.24, 2.45) is 0 Å². The maximum atomic E-state index is 12.5. The van der Waals surface area contributed by atoms with Gasteiger partial charge in [-0.3, -0.25) is 4.79 Å². The average molecular weight is 248 g/mol. The first-order chi connectivity index (χ1) is 7.86. The summed E-state index contributed by atoms with van der Waals surface area (Å²) in [6, 6.07) is 1.27. The van der Waals surface area contributed by atoms with Crippen molar-refractivity contribution in [1.29, 1.82) is 0 Å². The topological polar surface area (TPSA) is 65.2 Å². The molecule has 1 aromatic rings. The number of nitrogens with zero attached hydrogens (tertiary/aromatic N) is 1. The minimum absolute atomic E-state index is 0.0609. The van der Waals surface area contributed by atoms with Gasteiger partial charge in [-0.25, -0.2) is 4.98 Å². The van der Waals surface area contributed by atoms with Crippen LogP contribution in [0.5, 0.6) is 0 Å². The van der Waals surface area contributed by atoms with Gasteiger partial charge in [0.25, 0.3) is 0 Å². The van der Waals surface area contributed by atoms with Gasteiger partial charge in [-0.1, -0.05) is 0 Å². The number of alkyl halides is 3. The molecule has 0 spiro atoms. The Labute approximate surface area is 95.6 Å². The molecule has 0 amide bonds. The molecule has 4 nitrogen and oxygen atoms in total. The summed E-state index contributed by atoms with van der Waals surface area (Å²) in [5, 5.41) is 0. The standard InChI is InChI=1S/C10H11F3N2O2/c1-2-17-7(16)5-6-3-4-15-9(8(6)14)10(11,12)13/h3-4H,2,5,14H2,1H3. The van der Waals surface area contributed by atoms with Crippen LogP contribution in [0.2, 0.25) is 0 Å². The third-order valence-electron chi connectivity index (χ3n) is 1.99. The van der Waals surface area contributed by atoms with Gasteiger partial charge in [-0.2, -0.15) is 13.2 Å². The molecule has 0 bridgehead atoms. The summed E-state index contributed by atoms with van der Waals surface area (Å²) in [6.07, 6.45) is -3.96. The number of hydrogen-bond donors (Lipinski definition) is 1. The number of carbonyl (C=O) groups is 1. The van der Waals surface area contributed by atoms with Gasteiger partial charge in [0.15, 0.2) is 5.69 Å². The van der Waals surface area contributed by atoms with E-state index in [2.05, 4.69) is 9.72 Å². The maximum absolute atomic E-state index is 12.5. The van der Waals surface area contributed by atoms with Crippen molar-refractivity contribution in [2.45, 2.75) is 19.5 Å². The Morgan fingerprint density at radius 1 is 1.53 bits per heavy atom. The molecule has 2 N–H and O–H groups in total. The molecule has 0 radical (unpaired) electrons. The van der Waals surface area contributed by atoms with Gasteiger partial charge < -0.3 is 10.5 Å². The normalized spacial score (nSPS) is 11.3. The molecule has 94 valence electrons. The molecule has 0 aliphatic rings. The Kier molecular flexibility index (Phi) is 3.93. The molecule has 7 heteroatoms. The highest BCUT2D eigenvalue weighted by Gasteiger charge is 2.35. The highest BCUT2D eigenvalue weighted by atomic mass is 19.4. The van der Waals surface area contributed by atoms with Crippen LogP contribution in [0, 0.1) is 0 Å². The van der Waals surface area contributed by atoms with Crippen LogP contribution in [0.1, 0.15) is 18.2 Å². The van der Waals surface area contributed by atoms with Crippen LogP contribution in [0.15, 0.2) is 12.3 Å². The molecule has 0 aromatic carbocycles. The summed E-state index contributed by atoms with van der Waals surface area (Å²) in [7, 11) is 0. The third-order valence-corrected chi connectivity index (χ3v) is 1.99. The van der Waals surface area contributed by atoms with Gasteiger partial charge in [0.1, 0.15) is 0 Å². The lowest BCUT2D eigenvalue weighted by molar-refractivity contribution is -0.143. The van der Waals surface area contributed by atoms with Crippen molar-refractivity contribution >= 4 is 11.7 Å². The van der Waals surface area contributed by atoms with Gasteiger partial charge in [-0.15, -0.1) is 0 Å². The van der Waals surface area contributed by atoms with E-state index in [1.807, 2.05) is 0 Å². The molecule has 0 aliphatic heterocycles. The molecule has 1 aromatic heterocycles. The highest BCUT2D eigenvalue weighted by molar-refractivity contribution is 5.75. The summed E-state index contributed by atoms with van der Waals surface area (Å²) in [5.41, 5.74) is 3.67. The first kappa shape index (κ1) is 13.3. The number of ether oxygens (including phenoxy) is 1. The molecule has 0 saturated carbocycles. The number of nitrogens with two attached hydrogens (primary N) is 1. The molecule has 1 rings (SSSR count). The lowest BCUT2D eigenvalue weighted by Crippen LogP contribution is -2.15. The Balaban J connectivity index is 2.99. The first-order valence-corrected chi connectivity index (χ1v) is 4.82. The predicted molar refractivity (Wildman–Crippen MR) is 54.0 cm³/mol. The van der Waals surface area contributed by atoms with E-state index in [-0.39, 0.29) is 18.6 Å². The van der Waals surface area contributed by atoms with Crippen molar-refractivity contribution in [3.05, 3.63) is 23.5 Å². The number of halogens is 3. The van der Waals surface area contributed by atoms with Crippen LogP contribution >= 0.6 is 0 Å². The molecule has 17 heavy (non-hydrogen) atoms. The third kappa shape index (κ3) is 3.33. The van der Waals surface area contributed by atoms with E-state index in [1.165, 1.54) is 6.07 Å². The smallest absolute Gasteiger partial charge is 0.435 e. The molecule has 0 unspecified atom stereocenters. The van der Waals surface area contributed by atoms with E-state index in [9.17, 15) is 18.0 Å². The Hall–Kier alpha value is -1.79. The lowest BCUT2D eigenvalue weighted by atomic mass is 10.1. The van der Waals surface area contributed by atoms with Crippen LogP contribution in [0.3, 0.4) is 0 Å². The van der Waals surface area contributed by atoms with Gasteiger partial charge >= 0.3 is 12.1 Å². The highest BCUT2D eigenvalue weighted by Crippen LogP contribution is 2.33. The summed E-state index contributed by atoms with van der Waals surface area (Å²) in [5.74, 6) is -0.626. The number of pyridine rings is 1. The van der Waals surface area contributed by atoms with Gasteiger partial charge in [-0.05, 0) is 18.6 Å². The number of hydrogen-bond acceptors (Lipinski definition) is 4. The monoisotopic (exact) mass is 248 g/mol. The van der Waals surface area contributed by atoms with E-state index >= 15 is 0 Å². The van der Waals surface area contributed by atoms with E-state index in [1.54, 1.807) is 6.92 Å². The fourth-order valence-corrected chi connectivity index (χ4v) is 1.26. The van der Waals surface area contributed by atoms with E-state index < -0.39 is 23.5 Å². The predicted octanol–water partition coefficient (Wildman–Crippen LogP) is 1.79. The van der Waals surface area contributed by atoms with Gasteiger partial charge in [0.05, 0.1) is 18.7 Å². The summed E-state index contributed by atoms with van der Waals surface area (Å²) < 4.78 is 42.0. The Morgan fingerprint density at radius 2 is 2.18 bits per heavy atom. The van der Waals surface area contributed by atoms with E-state index in [0.29, 0.717) is 0 Å². The molecular weight excluding hydrogens is 237 g/mol. The zero-order valence-corrected chi connectivity index (χ0v) is 9.04. The number of nitrogen functional groups attached to an aromatic ring is 1. The fourth-order valence-electron chi connectivity index (χ4n) is 1.26. The molecule has 0 fully saturated rings. The number of aromatic nitrogens is 1. The number of esters is 1. The molecule has 1 heterocycles.